The minimum atomic E-state index is -0.674. The van der Waals surface area contributed by atoms with Crippen molar-refractivity contribution < 1.29 is 18.7 Å². The van der Waals surface area contributed by atoms with E-state index in [2.05, 4.69) is 11.9 Å². The molecule has 0 fully saturated rings. The number of aromatic nitrogens is 2. The van der Waals surface area contributed by atoms with Crippen molar-refractivity contribution in [3.05, 3.63) is 65.5 Å². The number of rotatable bonds is 7. The molecule has 3 aromatic rings. The average molecular weight is 497 g/mol. The van der Waals surface area contributed by atoms with E-state index in [4.69, 9.17) is 16.2 Å². The van der Waals surface area contributed by atoms with Crippen molar-refractivity contribution in [3.63, 3.8) is 0 Å². The maximum Gasteiger partial charge on any atom is 0.252 e. The third-order valence-corrected chi connectivity index (χ3v) is 5.79. The second kappa shape index (κ2) is 13.4. The SMILES string of the molecule is CC.CC.CCCCn1cc(C(=O)C2COc3ccc(F)cc3C2)c2cnc(/C(=C/N)C(N)=O)cc21. The summed E-state index contributed by atoms with van der Waals surface area (Å²) in [6, 6.07) is 6.08. The second-order valence-electron chi connectivity index (χ2n) is 7.95. The lowest BCUT2D eigenvalue weighted by Crippen LogP contribution is -2.28. The molecule has 1 aromatic carbocycles. The van der Waals surface area contributed by atoms with Gasteiger partial charge in [0.05, 0.1) is 29.3 Å². The monoisotopic (exact) mass is 496 g/mol. The number of hydrogen-bond acceptors (Lipinski definition) is 5. The van der Waals surface area contributed by atoms with Crippen LogP contribution in [0.2, 0.25) is 0 Å². The summed E-state index contributed by atoms with van der Waals surface area (Å²) >= 11 is 0. The Kier molecular flexibility index (Phi) is 10.6. The highest BCUT2D eigenvalue weighted by Crippen LogP contribution is 2.32. The topological polar surface area (TPSA) is 113 Å². The van der Waals surface area contributed by atoms with Gasteiger partial charge in [-0.05, 0) is 42.7 Å². The van der Waals surface area contributed by atoms with Crippen molar-refractivity contribution in [2.75, 3.05) is 6.61 Å². The molecule has 0 aliphatic carbocycles. The molecule has 36 heavy (non-hydrogen) atoms. The van der Waals surface area contributed by atoms with Gasteiger partial charge in [0.1, 0.15) is 11.6 Å². The van der Waals surface area contributed by atoms with Gasteiger partial charge in [0, 0.05) is 36.1 Å². The van der Waals surface area contributed by atoms with Crippen LogP contribution in [0, 0.1) is 11.7 Å². The minimum absolute atomic E-state index is 0.0841. The predicted molar refractivity (Wildman–Crippen MR) is 142 cm³/mol. The van der Waals surface area contributed by atoms with Crippen LogP contribution in [0.1, 0.15) is 69.1 Å². The maximum absolute atomic E-state index is 13.7. The number of amides is 1. The number of primary amides is 1. The van der Waals surface area contributed by atoms with E-state index in [-0.39, 0.29) is 23.8 Å². The number of nitrogens with two attached hydrogens (primary N) is 2. The van der Waals surface area contributed by atoms with Gasteiger partial charge < -0.3 is 20.8 Å². The zero-order valence-corrected chi connectivity index (χ0v) is 21.8. The van der Waals surface area contributed by atoms with E-state index in [1.54, 1.807) is 18.3 Å². The zero-order valence-electron chi connectivity index (χ0n) is 21.8. The number of nitrogens with zero attached hydrogens (tertiary/aromatic N) is 2. The van der Waals surface area contributed by atoms with Crippen molar-refractivity contribution in [2.24, 2.45) is 17.4 Å². The number of halogens is 1. The fourth-order valence-corrected chi connectivity index (χ4v) is 4.09. The van der Waals surface area contributed by atoms with Gasteiger partial charge in [0.25, 0.3) is 5.91 Å². The Hall–Kier alpha value is -3.68. The van der Waals surface area contributed by atoms with Crippen LogP contribution in [-0.2, 0) is 17.8 Å². The Labute approximate surface area is 212 Å². The molecule has 8 heteroatoms. The largest absolute Gasteiger partial charge is 0.493 e. The van der Waals surface area contributed by atoms with Crippen LogP contribution in [0.3, 0.4) is 0 Å². The van der Waals surface area contributed by atoms with Gasteiger partial charge in [0.2, 0.25) is 0 Å². The van der Waals surface area contributed by atoms with Crippen LogP contribution in [-0.4, -0.2) is 27.8 Å². The summed E-state index contributed by atoms with van der Waals surface area (Å²) in [7, 11) is 0. The molecule has 0 spiro atoms. The second-order valence-corrected chi connectivity index (χ2v) is 7.95. The highest BCUT2D eigenvalue weighted by molar-refractivity contribution is 6.18. The smallest absolute Gasteiger partial charge is 0.252 e. The Balaban J connectivity index is 0.00000109. The predicted octanol–water partition coefficient (Wildman–Crippen LogP) is 5.25. The van der Waals surface area contributed by atoms with Crippen LogP contribution in [0.5, 0.6) is 5.75 Å². The summed E-state index contributed by atoms with van der Waals surface area (Å²) < 4.78 is 21.4. The lowest BCUT2D eigenvalue weighted by Gasteiger charge is -2.24. The number of carbonyl (C=O) groups excluding carboxylic acids is 2. The summed E-state index contributed by atoms with van der Waals surface area (Å²) in [5.41, 5.74) is 13.4. The summed E-state index contributed by atoms with van der Waals surface area (Å²) in [5, 5.41) is 0.681. The molecule has 1 aliphatic rings. The molecule has 7 nitrogen and oxygen atoms in total. The fourth-order valence-electron chi connectivity index (χ4n) is 4.09. The number of ether oxygens (including phenoxy) is 1. The van der Waals surface area contributed by atoms with Gasteiger partial charge in [0.15, 0.2) is 5.78 Å². The quantitative estimate of drug-likeness (QED) is 0.343. The minimum Gasteiger partial charge on any atom is -0.493 e. The number of ketones is 1. The van der Waals surface area contributed by atoms with Crippen molar-refractivity contribution in [1.82, 2.24) is 9.55 Å². The normalized spacial score (nSPS) is 14.5. The number of aryl methyl sites for hydroxylation is 1. The van der Waals surface area contributed by atoms with Gasteiger partial charge in [-0.25, -0.2) is 4.39 Å². The van der Waals surface area contributed by atoms with Crippen molar-refractivity contribution in [2.45, 2.75) is 60.4 Å². The number of Topliss-reactive ketones (excluding diaryl/α,β-unsaturated/α-hetero) is 1. The van der Waals surface area contributed by atoms with Crippen LogP contribution in [0.4, 0.5) is 4.39 Å². The number of carbonyl (C=O) groups is 2. The summed E-state index contributed by atoms with van der Waals surface area (Å²) in [4.78, 5) is 29.5. The van der Waals surface area contributed by atoms with Crippen LogP contribution < -0.4 is 16.2 Å². The lowest BCUT2D eigenvalue weighted by atomic mass is 9.90. The van der Waals surface area contributed by atoms with E-state index >= 15 is 0 Å². The van der Waals surface area contributed by atoms with Gasteiger partial charge in [-0.2, -0.15) is 0 Å². The van der Waals surface area contributed by atoms with Crippen LogP contribution in [0.15, 0.2) is 42.9 Å². The first kappa shape index (κ1) is 28.6. The zero-order chi connectivity index (χ0) is 26.8. The lowest BCUT2D eigenvalue weighted by molar-refractivity contribution is -0.112. The van der Waals surface area contributed by atoms with E-state index in [0.717, 1.165) is 24.6 Å². The number of pyridine rings is 1. The molecule has 3 heterocycles. The number of benzene rings is 1. The molecule has 2 aromatic heterocycles. The summed E-state index contributed by atoms with van der Waals surface area (Å²) in [6.45, 7) is 11.0. The highest BCUT2D eigenvalue weighted by Gasteiger charge is 2.29. The first-order chi connectivity index (χ1) is 17.4. The Morgan fingerprint density at radius 1 is 1.22 bits per heavy atom. The van der Waals surface area contributed by atoms with E-state index in [1.807, 2.05) is 38.5 Å². The molecule has 194 valence electrons. The van der Waals surface area contributed by atoms with Crippen molar-refractivity contribution in [3.8, 4) is 5.75 Å². The molecule has 1 aliphatic heterocycles. The van der Waals surface area contributed by atoms with E-state index in [1.165, 1.54) is 12.1 Å². The molecule has 4 N–H and O–H groups in total. The number of fused-ring (bicyclic) bond motifs is 2. The number of unbranched alkanes of at least 4 members (excludes halogenated alkanes) is 1. The Morgan fingerprint density at radius 2 is 1.94 bits per heavy atom. The summed E-state index contributed by atoms with van der Waals surface area (Å²) in [5.74, 6) is -0.933. The van der Waals surface area contributed by atoms with E-state index in [0.29, 0.717) is 40.9 Å². The number of hydrogen-bond donors (Lipinski definition) is 2. The molecule has 0 saturated heterocycles. The van der Waals surface area contributed by atoms with Gasteiger partial charge >= 0.3 is 0 Å². The van der Waals surface area contributed by atoms with Crippen LogP contribution in [0.25, 0.3) is 16.5 Å². The third kappa shape index (κ3) is 6.11. The molecule has 0 bridgehead atoms. The van der Waals surface area contributed by atoms with Gasteiger partial charge in [-0.3, -0.25) is 14.6 Å². The standard InChI is InChI=1S/C24H25FN4O3.2C2H6/c1-2-3-6-29-12-19(18-11-28-20(9-21(18)29)17(10-26)24(27)31)23(30)15-7-14-8-16(25)4-5-22(14)32-13-15;2*1-2/h4-5,8-12,15H,2-3,6-7,13,26H2,1H3,(H2,27,31);2*1-2H3/b17-10-;;. The summed E-state index contributed by atoms with van der Waals surface area (Å²) in [6.07, 6.45) is 6.84. The molecule has 1 atom stereocenters. The molecular weight excluding hydrogens is 459 g/mol. The average Bonchev–Trinajstić information content (AvgIpc) is 3.27. The van der Waals surface area contributed by atoms with Crippen molar-refractivity contribution >= 4 is 28.2 Å². The molecule has 1 unspecified atom stereocenters. The fraction of sp³-hybridized carbons (Fsp3) is 0.393. The maximum atomic E-state index is 13.7. The molecule has 0 radical (unpaired) electrons. The van der Waals surface area contributed by atoms with E-state index < -0.39 is 11.8 Å². The van der Waals surface area contributed by atoms with Crippen LogP contribution >= 0.6 is 0 Å². The Bertz CT molecular complexity index is 1230. The first-order valence-corrected chi connectivity index (χ1v) is 12.6. The van der Waals surface area contributed by atoms with Gasteiger partial charge in [-0.1, -0.05) is 41.0 Å². The highest BCUT2D eigenvalue weighted by atomic mass is 19.1. The Morgan fingerprint density at radius 3 is 2.58 bits per heavy atom. The molecule has 1 amide bonds. The molecular formula is C28H37FN4O3. The third-order valence-electron chi connectivity index (χ3n) is 5.79. The van der Waals surface area contributed by atoms with E-state index in [9.17, 15) is 14.0 Å². The van der Waals surface area contributed by atoms with Crippen molar-refractivity contribution in [1.29, 1.82) is 0 Å². The molecule has 0 saturated carbocycles. The molecule has 4 rings (SSSR count). The first-order valence-electron chi connectivity index (χ1n) is 12.6. The van der Waals surface area contributed by atoms with Gasteiger partial charge in [-0.15, -0.1) is 0 Å².